The molecule has 0 fully saturated rings. The molecule has 0 atom stereocenters. The number of rotatable bonds is 9. The topological polar surface area (TPSA) is 47.6 Å². The van der Waals surface area contributed by atoms with Crippen LogP contribution < -0.4 is 14.8 Å². The second-order valence-electron chi connectivity index (χ2n) is 6.95. The van der Waals surface area contributed by atoms with Gasteiger partial charge < -0.3 is 14.8 Å². The van der Waals surface area contributed by atoms with Crippen LogP contribution in [0, 0.1) is 0 Å². The quantitative estimate of drug-likeness (QED) is 0.556. The number of nitrogens with one attached hydrogen (secondary N) is 1. The molecular formula is C25H27NO3. The molecule has 0 aliphatic carbocycles. The van der Waals surface area contributed by atoms with Crippen LogP contribution >= 0.6 is 0 Å². The van der Waals surface area contributed by atoms with Gasteiger partial charge in [0.1, 0.15) is 11.5 Å². The van der Waals surface area contributed by atoms with Gasteiger partial charge in [-0.2, -0.15) is 0 Å². The van der Waals surface area contributed by atoms with E-state index in [1.807, 2.05) is 60.7 Å². The Hall–Kier alpha value is -3.27. The lowest BCUT2D eigenvalue weighted by molar-refractivity contribution is -0.116. The van der Waals surface area contributed by atoms with E-state index in [2.05, 4.69) is 17.4 Å². The van der Waals surface area contributed by atoms with E-state index in [1.54, 1.807) is 14.2 Å². The molecule has 0 aliphatic heterocycles. The van der Waals surface area contributed by atoms with Gasteiger partial charge in [0.2, 0.25) is 5.91 Å². The molecule has 0 bridgehead atoms. The predicted molar refractivity (Wildman–Crippen MR) is 117 cm³/mol. The molecule has 0 saturated heterocycles. The Morgan fingerprint density at radius 2 is 1.31 bits per heavy atom. The van der Waals surface area contributed by atoms with Gasteiger partial charge in [-0.25, -0.2) is 0 Å². The lowest BCUT2D eigenvalue weighted by Gasteiger charge is -2.09. The zero-order valence-electron chi connectivity index (χ0n) is 17.0. The van der Waals surface area contributed by atoms with Crippen molar-refractivity contribution in [3.63, 3.8) is 0 Å². The minimum atomic E-state index is 0.0325. The first-order valence-corrected chi connectivity index (χ1v) is 9.81. The fraction of sp³-hybridized carbons (Fsp3) is 0.240. The highest BCUT2D eigenvalue weighted by Gasteiger charge is 2.05. The van der Waals surface area contributed by atoms with Crippen LogP contribution in [-0.4, -0.2) is 20.1 Å². The van der Waals surface area contributed by atoms with Crippen LogP contribution in [0.15, 0.2) is 72.8 Å². The Labute approximate surface area is 172 Å². The van der Waals surface area contributed by atoms with Crippen LogP contribution in [0.5, 0.6) is 11.5 Å². The minimum Gasteiger partial charge on any atom is -0.497 e. The first-order chi connectivity index (χ1) is 14.2. The first-order valence-electron chi connectivity index (χ1n) is 9.81. The summed E-state index contributed by atoms with van der Waals surface area (Å²) < 4.78 is 10.7. The van der Waals surface area contributed by atoms with E-state index < -0.39 is 0 Å². The molecule has 0 radical (unpaired) electrons. The van der Waals surface area contributed by atoms with Crippen molar-refractivity contribution in [3.8, 4) is 11.5 Å². The fourth-order valence-corrected chi connectivity index (χ4v) is 3.18. The molecule has 1 amide bonds. The Morgan fingerprint density at radius 3 is 1.93 bits per heavy atom. The van der Waals surface area contributed by atoms with Gasteiger partial charge in [0.25, 0.3) is 0 Å². The molecule has 4 heteroatoms. The lowest BCUT2D eigenvalue weighted by atomic mass is 10.0. The highest BCUT2D eigenvalue weighted by molar-refractivity contribution is 5.90. The average molecular weight is 389 g/mol. The highest BCUT2D eigenvalue weighted by Crippen LogP contribution is 2.23. The van der Waals surface area contributed by atoms with Crippen LogP contribution in [0.3, 0.4) is 0 Å². The molecular weight excluding hydrogens is 362 g/mol. The van der Waals surface area contributed by atoms with Gasteiger partial charge in [-0.15, -0.1) is 0 Å². The summed E-state index contributed by atoms with van der Waals surface area (Å²) in [4.78, 5) is 12.2. The molecule has 1 N–H and O–H groups in total. The number of amides is 1. The molecule has 0 saturated carbocycles. The number of methoxy groups -OCH3 is 2. The second kappa shape index (κ2) is 10.3. The van der Waals surface area contributed by atoms with E-state index in [1.165, 1.54) is 16.7 Å². The van der Waals surface area contributed by atoms with Crippen molar-refractivity contribution in [3.05, 3.63) is 89.5 Å². The van der Waals surface area contributed by atoms with Crippen molar-refractivity contribution in [1.29, 1.82) is 0 Å². The summed E-state index contributed by atoms with van der Waals surface area (Å²) >= 11 is 0. The number of hydrogen-bond acceptors (Lipinski definition) is 3. The monoisotopic (exact) mass is 389 g/mol. The molecule has 3 aromatic rings. The van der Waals surface area contributed by atoms with E-state index >= 15 is 0 Å². The van der Waals surface area contributed by atoms with Gasteiger partial charge in [-0.05, 0) is 60.2 Å². The van der Waals surface area contributed by atoms with E-state index in [4.69, 9.17) is 9.47 Å². The highest BCUT2D eigenvalue weighted by atomic mass is 16.5. The maximum atomic E-state index is 12.2. The van der Waals surface area contributed by atoms with Crippen LogP contribution in [-0.2, 0) is 24.1 Å². The Morgan fingerprint density at radius 1 is 0.724 bits per heavy atom. The van der Waals surface area contributed by atoms with Crippen LogP contribution in [0.1, 0.15) is 23.1 Å². The van der Waals surface area contributed by atoms with Gasteiger partial charge in [0, 0.05) is 18.2 Å². The minimum absolute atomic E-state index is 0.0325. The summed E-state index contributed by atoms with van der Waals surface area (Å²) in [7, 11) is 3.32. The molecule has 29 heavy (non-hydrogen) atoms. The van der Waals surface area contributed by atoms with Crippen molar-refractivity contribution < 1.29 is 14.3 Å². The molecule has 3 aromatic carbocycles. The average Bonchev–Trinajstić information content (AvgIpc) is 2.77. The molecule has 0 aromatic heterocycles. The van der Waals surface area contributed by atoms with Crippen LogP contribution in [0.4, 0.5) is 5.69 Å². The number of ether oxygens (including phenoxy) is 2. The number of anilines is 1. The molecule has 0 spiro atoms. The van der Waals surface area contributed by atoms with E-state index in [9.17, 15) is 4.79 Å². The SMILES string of the molecule is COc1cc(CCc2ccc(NC(=O)CCc3ccccc3)cc2)cc(OC)c1. The number of aryl methyl sites for hydroxylation is 3. The molecule has 0 aliphatic rings. The summed E-state index contributed by atoms with van der Waals surface area (Å²) in [6.45, 7) is 0. The normalized spacial score (nSPS) is 10.4. The van der Waals surface area contributed by atoms with Gasteiger partial charge in [-0.1, -0.05) is 42.5 Å². The van der Waals surface area contributed by atoms with Gasteiger partial charge in [0.05, 0.1) is 14.2 Å². The molecule has 3 rings (SSSR count). The summed E-state index contributed by atoms with van der Waals surface area (Å²) in [5.74, 6) is 1.63. The van der Waals surface area contributed by atoms with Crippen molar-refractivity contribution in [2.45, 2.75) is 25.7 Å². The van der Waals surface area contributed by atoms with Crippen molar-refractivity contribution >= 4 is 11.6 Å². The van der Waals surface area contributed by atoms with Gasteiger partial charge in [0.15, 0.2) is 0 Å². The van der Waals surface area contributed by atoms with E-state index in [-0.39, 0.29) is 5.91 Å². The predicted octanol–water partition coefficient (Wildman–Crippen LogP) is 5.06. The van der Waals surface area contributed by atoms with Crippen molar-refractivity contribution in [2.75, 3.05) is 19.5 Å². The molecule has 4 nitrogen and oxygen atoms in total. The van der Waals surface area contributed by atoms with Crippen LogP contribution in [0.2, 0.25) is 0 Å². The number of carbonyl (C=O) groups excluding carboxylic acids is 1. The largest absolute Gasteiger partial charge is 0.497 e. The summed E-state index contributed by atoms with van der Waals surface area (Å²) in [6.07, 6.45) is 3.01. The maximum Gasteiger partial charge on any atom is 0.224 e. The van der Waals surface area contributed by atoms with Gasteiger partial charge in [-0.3, -0.25) is 4.79 Å². The smallest absolute Gasteiger partial charge is 0.224 e. The summed E-state index contributed by atoms with van der Waals surface area (Å²) in [5.41, 5.74) is 4.38. The fourth-order valence-electron chi connectivity index (χ4n) is 3.18. The standard InChI is InChI=1S/C25H27NO3/c1-28-23-16-21(17-24(18-23)29-2)9-8-20-10-13-22(14-11-20)26-25(27)15-12-19-6-4-3-5-7-19/h3-7,10-11,13-14,16-18H,8-9,12,15H2,1-2H3,(H,26,27). The van der Waals surface area contributed by atoms with Crippen molar-refractivity contribution in [2.24, 2.45) is 0 Å². The third-order valence-electron chi connectivity index (χ3n) is 4.83. The Balaban J connectivity index is 1.50. The molecule has 0 heterocycles. The lowest BCUT2D eigenvalue weighted by Crippen LogP contribution is -2.12. The van der Waals surface area contributed by atoms with E-state index in [0.29, 0.717) is 6.42 Å². The Bertz CT molecular complexity index is 898. The summed E-state index contributed by atoms with van der Waals surface area (Å²) in [6, 6.07) is 24.0. The number of hydrogen-bond donors (Lipinski definition) is 1. The summed E-state index contributed by atoms with van der Waals surface area (Å²) in [5, 5.41) is 2.97. The van der Waals surface area contributed by atoms with Gasteiger partial charge >= 0.3 is 0 Å². The maximum absolute atomic E-state index is 12.2. The molecule has 150 valence electrons. The molecule has 0 unspecified atom stereocenters. The van der Waals surface area contributed by atoms with Crippen LogP contribution in [0.25, 0.3) is 0 Å². The van der Waals surface area contributed by atoms with Crippen molar-refractivity contribution in [1.82, 2.24) is 0 Å². The second-order valence-corrected chi connectivity index (χ2v) is 6.95. The van der Waals surface area contributed by atoms with E-state index in [0.717, 1.165) is 36.4 Å². The number of benzene rings is 3. The number of carbonyl (C=O) groups is 1. The third-order valence-corrected chi connectivity index (χ3v) is 4.83. The zero-order chi connectivity index (χ0) is 20.5. The first kappa shape index (κ1) is 20.5. The third kappa shape index (κ3) is 6.39. The Kier molecular flexibility index (Phi) is 7.28. The zero-order valence-corrected chi connectivity index (χ0v) is 17.0.